The Morgan fingerprint density at radius 2 is 1.90 bits per heavy atom. The molecule has 3 atom stereocenters. The molecule has 2 heterocycles. The molecule has 3 heteroatoms. The van der Waals surface area contributed by atoms with Crippen molar-refractivity contribution in [2.75, 3.05) is 0 Å². The van der Waals surface area contributed by atoms with Crippen LogP contribution >= 0.6 is 0 Å². The molecule has 21 heavy (non-hydrogen) atoms. The van der Waals surface area contributed by atoms with Crippen LogP contribution in [-0.2, 0) is 9.53 Å². The molecule has 2 aliphatic rings. The summed E-state index contributed by atoms with van der Waals surface area (Å²) in [6, 6.07) is 10.4. The number of hydrogen-bond acceptors (Lipinski definition) is 2. The lowest BCUT2D eigenvalue weighted by molar-refractivity contribution is -0.128. The quantitative estimate of drug-likeness (QED) is 0.829. The molecule has 1 saturated heterocycles. The molecule has 0 N–H and O–H groups in total. The average molecular weight is 285 g/mol. The predicted octanol–water partition coefficient (Wildman–Crippen LogP) is 3.68. The minimum absolute atomic E-state index is 0.0683. The lowest BCUT2D eigenvalue weighted by Crippen LogP contribution is -2.37. The zero-order valence-corrected chi connectivity index (χ0v) is 13.2. The van der Waals surface area contributed by atoms with Gasteiger partial charge in [-0.15, -0.1) is 0 Å². The summed E-state index contributed by atoms with van der Waals surface area (Å²) in [5.74, 6) is 0.918. The molecular formula is C18H23NO2. The van der Waals surface area contributed by atoms with Crippen molar-refractivity contribution >= 4 is 5.91 Å². The maximum atomic E-state index is 12.3. The van der Waals surface area contributed by atoms with Crippen LogP contribution < -0.4 is 0 Å². The van der Waals surface area contributed by atoms with Gasteiger partial charge < -0.3 is 9.64 Å². The van der Waals surface area contributed by atoms with Crippen molar-refractivity contribution in [1.29, 1.82) is 0 Å². The Morgan fingerprint density at radius 1 is 1.24 bits per heavy atom. The third-order valence-corrected chi connectivity index (χ3v) is 4.57. The van der Waals surface area contributed by atoms with Crippen LogP contribution in [0.3, 0.4) is 0 Å². The first kappa shape index (κ1) is 14.2. The van der Waals surface area contributed by atoms with Crippen molar-refractivity contribution < 1.29 is 9.53 Å². The predicted molar refractivity (Wildman–Crippen MR) is 82.5 cm³/mol. The van der Waals surface area contributed by atoms with Gasteiger partial charge in [-0.2, -0.15) is 0 Å². The topological polar surface area (TPSA) is 29.5 Å². The van der Waals surface area contributed by atoms with E-state index in [2.05, 4.69) is 39.8 Å². The van der Waals surface area contributed by atoms with Crippen molar-refractivity contribution in [3.05, 3.63) is 47.7 Å². The summed E-state index contributed by atoms with van der Waals surface area (Å²) in [6.07, 6.45) is 2.74. The van der Waals surface area contributed by atoms with Gasteiger partial charge in [-0.05, 0) is 17.9 Å². The summed E-state index contributed by atoms with van der Waals surface area (Å²) >= 11 is 0. The number of amides is 1. The Balaban J connectivity index is 1.84. The van der Waals surface area contributed by atoms with E-state index in [0.29, 0.717) is 0 Å². The SMILES string of the molecule is C[C@@H](c1ccccc1)N1C(=O)C=C2O[C@@H](C(C)(C)C)C[C@@H]21. The number of hydrogen-bond donors (Lipinski definition) is 0. The zero-order valence-electron chi connectivity index (χ0n) is 13.2. The number of nitrogens with zero attached hydrogens (tertiary/aromatic N) is 1. The highest BCUT2D eigenvalue weighted by Crippen LogP contribution is 2.43. The number of ether oxygens (including phenoxy) is 1. The number of benzene rings is 1. The van der Waals surface area contributed by atoms with Crippen LogP contribution in [0.5, 0.6) is 0 Å². The molecular weight excluding hydrogens is 262 g/mol. The van der Waals surface area contributed by atoms with Crippen molar-refractivity contribution in [2.45, 2.75) is 52.3 Å². The first-order valence-corrected chi connectivity index (χ1v) is 7.63. The molecule has 1 aromatic carbocycles. The maximum absolute atomic E-state index is 12.3. The van der Waals surface area contributed by atoms with Gasteiger partial charge in [0.15, 0.2) is 0 Å². The summed E-state index contributed by atoms with van der Waals surface area (Å²) in [7, 11) is 0. The second kappa shape index (κ2) is 4.90. The van der Waals surface area contributed by atoms with Gasteiger partial charge in [-0.1, -0.05) is 51.1 Å². The molecule has 0 aromatic heterocycles. The van der Waals surface area contributed by atoms with Crippen LogP contribution in [-0.4, -0.2) is 23.0 Å². The van der Waals surface area contributed by atoms with Gasteiger partial charge in [0.25, 0.3) is 5.91 Å². The molecule has 0 spiro atoms. The molecule has 3 nitrogen and oxygen atoms in total. The molecule has 0 unspecified atom stereocenters. The normalized spacial score (nSPS) is 26.4. The van der Waals surface area contributed by atoms with E-state index in [1.54, 1.807) is 6.08 Å². The number of fused-ring (bicyclic) bond motifs is 1. The summed E-state index contributed by atoms with van der Waals surface area (Å²) in [5.41, 5.74) is 1.26. The Hall–Kier alpha value is -1.77. The highest BCUT2D eigenvalue weighted by atomic mass is 16.5. The van der Waals surface area contributed by atoms with E-state index >= 15 is 0 Å². The number of carbonyl (C=O) groups is 1. The minimum Gasteiger partial charge on any atom is -0.492 e. The first-order chi connectivity index (χ1) is 9.88. The molecule has 3 rings (SSSR count). The highest BCUT2D eigenvalue weighted by molar-refractivity contribution is 5.92. The fraction of sp³-hybridized carbons (Fsp3) is 0.500. The fourth-order valence-corrected chi connectivity index (χ4v) is 3.22. The molecule has 0 saturated carbocycles. The zero-order chi connectivity index (χ0) is 15.2. The molecule has 2 aliphatic heterocycles. The van der Waals surface area contributed by atoms with Gasteiger partial charge in [0, 0.05) is 12.5 Å². The second-order valence-electron chi connectivity index (χ2n) is 7.10. The summed E-state index contributed by atoms with van der Waals surface area (Å²) in [5, 5.41) is 0. The van der Waals surface area contributed by atoms with E-state index < -0.39 is 0 Å². The van der Waals surface area contributed by atoms with Crippen molar-refractivity contribution in [3.63, 3.8) is 0 Å². The molecule has 1 amide bonds. The van der Waals surface area contributed by atoms with Gasteiger partial charge in [0.05, 0.1) is 12.1 Å². The fourth-order valence-electron chi connectivity index (χ4n) is 3.22. The number of carbonyl (C=O) groups excluding carboxylic acids is 1. The smallest absolute Gasteiger partial charge is 0.251 e. The molecule has 112 valence electrons. The highest BCUT2D eigenvalue weighted by Gasteiger charge is 2.47. The third kappa shape index (κ3) is 2.45. The van der Waals surface area contributed by atoms with Gasteiger partial charge >= 0.3 is 0 Å². The third-order valence-electron chi connectivity index (χ3n) is 4.57. The van der Waals surface area contributed by atoms with E-state index in [-0.39, 0.29) is 29.5 Å². The van der Waals surface area contributed by atoms with E-state index in [4.69, 9.17) is 4.74 Å². The molecule has 0 radical (unpaired) electrons. The van der Waals surface area contributed by atoms with Crippen LogP contribution in [0.2, 0.25) is 0 Å². The van der Waals surface area contributed by atoms with E-state index in [1.807, 2.05) is 23.1 Å². The van der Waals surface area contributed by atoms with Crippen LogP contribution in [0.25, 0.3) is 0 Å². The lowest BCUT2D eigenvalue weighted by atomic mass is 9.86. The lowest BCUT2D eigenvalue weighted by Gasteiger charge is -2.31. The van der Waals surface area contributed by atoms with Gasteiger partial charge in [-0.25, -0.2) is 0 Å². The molecule has 0 bridgehead atoms. The number of rotatable bonds is 2. The van der Waals surface area contributed by atoms with Gasteiger partial charge in [0.2, 0.25) is 0 Å². The Kier molecular flexibility index (Phi) is 3.31. The first-order valence-electron chi connectivity index (χ1n) is 7.63. The van der Waals surface area contributed by atoms with Gasteiger partial charge in [-0.3, -0.25) is 4.79 Å². The van der Waals surface area contributed by atoms with Crippen LogP contribution in [0.4, 0.5) is 0 Å². The largest absolute Gasteiger partial charge is 0.492 e. The Bertz CT molecular complexity index is 571. The van der Waals surface area contributed by atoms with Crippen LogP contribution in [0.15, 0.2) is 42.2 Å². The summed E-state index contributed by atoms with van der Waals surface area (Å²) < 4.78 is 6.04. The monoisotopic (exact) mass is 285 g/mol. The Labute approximate surface area is 126 Å². The van der Waals surface area contributed by atoms with E-state index in [0.717, 1.165) is 12.2 Å². The van der Waals surface area contributed by atoms with Crippen molar-refractivity contribution in [2.24, 2.45) is 5.41 Å². The maximum Gasteiger partial charge on any atom is 0.251 e. The van der Waals surface area contributed by atoms with E-state index in [1.165, 1.54) is 5.56 Å². The summed E-state index contributed by atoms with van der Waals surface area (Å²) in [6.45, 7) is 8.65. The van der Waals surface area contributed by atoms with Crippen LogP contribution in [0.1, 0.15) is 45.7 Å². The minimum atomic E-state index is 0.0683. The van der Waals surface area contributed by atoms with E-state index in [9.17, 15) is 4.79 Å². The summed E-state index contributed by atoms with van der Waals surface area (Å²) in [4.78, 5) is 14.3. The Morgan fingerprint density at radius 3 is 2.52 bits per heavy atom. The van der Waals surface area contributed by atoms with Crippen LogP contribution in [0, 0.1) is 5.41 Å². The molecule has 0 aliphatic carbocycles. The van der Waals surface area contributed by atoms with Crippen molar-refractivity contribution in [1.82, 2.24) is 4.90 Å². The molecule has 1 fully saturated rings. The van der Waals surface area contributed by atoms with Gasteiger partial charge in [0.1, 0.15) is 11.9 Å². The second-order valence-corrected chi connectivity index (χ2v) is 7.10. The average Bonchev–Trinajstić information content (AvgIpc) is 2.95. The molecule has 1 aromatic rings. The van der Waals surface area contributed by atoms with Crippen molar-refractivity contribution in [3.8, 4) is 0 Å². The standard InChI is InChI=1S/C18H23NO2/c1-12(13-8-6-5-7-9-13)19-14-10-16(18(2,3)4)21-15(14)11-17(19)20/h5-9,11-12,14,16H,10H2,1-4H3/t12-,14-,16+/m0/s1.